The Bertz CT molecular complexity index is 368. The molecule has 2 rings (SSSR count). The molecule has 2 aromatic rings. The topological polar surface area (TPSA) is 64.4 Å². The summed E-state index contributed by atoms with van der Waals surface area (Å²) in [5, 5.41) is 0. The van der Waals surface area contributed by atoms with Crippen molar-refractivity contribution in [1.29, 1.82) is 0 Å². The Morgan fingerprint density at radius 2 is 2.00 bits per heavy atom. The number of hydrogen-bond acceptors (Lipinski definition) is 2. The molecule has 11 heavy (non-hydrogen) atoms. The van der Waals surface area contributed by atoms with Crippen LogP contribution in [0, 0.1) is 0 Å². The Labute approximate surface area is 66.6 Å². The predicted octanol–water partition coefficient (Wildman–Crippen LogP) is 0.765. The molecule has 0 fully saturated rings. The fourth-order valence-electron chi connectivity index (χ4n) is 0.894. The van der Waals surface area contributed by atoms with Gasteiger partial charge in [-0.15, -0.1) is 0 Å². The Morgan fingerprint density at radius 3 is 2.73 bits per heavy atom. The Kier molecular flexibility index (Phi) is 2.07. The smallest absolute Gasteiger partial charge is 0.305 e. The molecule has 0 radical (unpaired) electrons. The lowest BCUT2D eigenvalue weighted by Gasteiger charge is -1.81. The SMILES string of the molecule is O.O=c1[nH]c2ccccc2s1. The van der Waals surface area contributed by atoms with Crippen LogP contribution in [0.15, 0.2) is 29.1 Å². The van der Waals surface area contributed by atoms with Crippen molar-refractivity contribution >= 4 is 21.6 Å². The highest BCUT2D eigenvalue weighted by Crippen LogP contribution is 2.11. The molecule has 0 aliphatic rings. The molecule has 0 atom stereocenters. The van der Waals surface area contributed by atoms with Gasteiger partial charge in [0.15, 0.2) is 0 Å². The van der Waals surface area contributed by atoms with Crippen molar-refractivity contribution in [2.45, 2.75) is 0 Å². The summed E-state index contributed by atoms with van der Waals surface area (Å²) in [6.45, 7) is 0. The van der Waals surface area contributed by atoms with Gasteiger partial charge in [-0.1, -0.05) is 23.5 Å². The fourth-order valence-corrected chi connectivity index (χ4v) is 1.63. The molecule has 0 aliphatic heterocycles. The summed E-state index contributed by atoms with van der Waals surface area (Å²) in [6, 6.07) is 7.65. The zero-order chi connectivity index (χ0) is 6.97. The third-order valence-electron chi connectivity index (χ3n) is 1.33. The van der Waals surface area contributed by atoms with Gasteiger partial charge >= 0.3 is 4.87 Å². The van der Waals surface area contributed by atoms with Crippen molar-refractivity contribution < 1.29 is 5.48 Å². The van der Waals surface area contributed by atoms with E-state index in [1.807, 2.05) is 24.3 Å². The summed E-state index contributed by atoms with van der Waals surface area (Å²) in [6.07, 6.45) is 0. The minimum atomic E-state index is 0. The first-order valence-corrected chi connectivity index (χ1v) is 3.76. The minimum Gasteiger partial charge on any atom is -0.412 e. The minimum absolute atomic E-state index is 0. The number of thiazole rings is 1. The lowest BCUT2D eigenvalue weighted by Crippen LogP contribution is -1.89. The quantitative estimate of drug-likeness (QED) is 0.621. The lowest BCUT2D eigenvalue weighted by atomic mass is 10.3. The van der Waals surface area contributed by atoms with E-state index in [9.17, 15) is 4.79 Å². The second-order valence-electron chi connectivity index (χ2n) is 2.01. The molecule has 0 aliphatic carbocycles. The number of para-hydroxylation sites is 1. The molecule has 0 saturated carbocycles. The normalized spacial score (nSPS) is 9.45. The van der Waals surface area contributed by atoms with Gasteiger partial charge in [-0.25, -0.2) is 0 Å². The average Bonchev–Trinajstić information content (AvgIpc) is 2.27. The molecule has 0 saturated heterocycles. The summed E-state index contributed by atoms with van der Waals surface area (Å²) < 4.78 is 1.02. The second-order valence-corrected chi connectivity index (χ2v) is 3.03. The van der Waals surface area contributed by atoms with E-state index in [4.69, 9.17) is 0 Å². The molecule has 0 unspecified atom stereocenters. The molecule has 1 aromatic carbocycles. The molecule has 4 heteroatoms. The van der Waals surface area contributed by atoms with E-state index in [1.165, 1.54) is 11.3 Å². The molecule has 0 bridgehead atoms. The van der Waals surface area contributed by atoms with E-state index in [0.29, 0.717) is 0 Å². The molecule has 0 spiro atoms. The van der Waals surface area contributed by atoms with E-state index < -0.39 is 0 Å². The number of aromatic nitrogens is 1. The highest BCUT2D eigenvalue weighted by molar-refractivity contribution is 7.16. The number of H-pyrrole nitrogens is 1. The molecule has 3 N–H and O–H groups in total. The number of fused-ring (bicyclic) bond motifs is 1. The zero-order valence-electron chi connectivity index (χ0n) is 5.63. The van der Waals surface area contributed by atoms with Gasteiger partial charge in [0.1, 0.15) is 0 Å². The van der Waals surface area contributed by atoms with Crippen LogP contribution in [0.4, 0.5) is 0 Å². The van der Waals surface area contributed by atoms with Crippen LogP contribution in [0.3, 0.4) is 0 Å². The van der Waals surface area contributed by atoms with E-state index in [-0.39, 0.29) is 10.3 Å². The summed E-state index contributed by atoms with van der Waals surface area (Å²) in [7, 11) is 0. The molecule has 58 valence electrons. The van der Waals surface area contributed by atoms with E-state index in [0.717, 1.165) is 10.2 Å². The number of aromatic amines is 1. The molecular weight excluding hydrogens is 162 g/mol. The maximum Gasteiger partial charge on any atom is 0.305 e. The number of benzene rings is 1. The zero-order valence-corrected chi connectivity index (χ0v) is 6.44. The standard InChI is InChI=1S/C7H5NOS.H2O/c9-7-8-5-3-1-2-4-6(5)10-7;/h1-4H,(H,8,9);1H2. The number of nitrogens with one attached hydrogen (secondary N) is 1. The van der Waals surface area contributed by atoms with Crippen molar-refractivity contribution in [2.24, 2.45) is 0 Å². The van der Waals surface area contributed by atoms with Gasteiger partial charge in [0.25, 0.3) is 0 Å². The monoisotopic (exact) mass is 169 g/mol. The first-order chi connectivity index (χ1) is 4.86. The first kappa shape index (κ1) is 7.97. The van der Waals surface area contributed by atoms with Crippen LogP contribution in [-0.2, 0) is 0 Å². The van der Waals surface area contributed by atoms with E-state index in [1.54, 1.807) is 0 Å². The van der Waals surface area contributed by atoms with E-state index >= 15 is 0 Å². The fraction of sp³-hybridized carbons (Fsp3) is 0. The molecular formula is C7H7NO2S. The summed E-state index contributed by atoms with van der Waals surface area (Å²) in [4.78, 5) is 13.5. The maximum absolute atomic E-state index is 10.8. The van der Waals surface area contributed by atoms with Gasteiger partial charge in [-0.3, -0.25) is 4.79 Å². The number of hydrogen-bond donors (Lipinski definition) is 1. The Balaban J connectivity index is 0.000000605. The molecule has 1 heterocycles. The van der Waals surface area contributed by atoms with Crippen molar-refractivity contribution in [2.75, 3.05) is 0 Å². The van der Waals surface area contributed by atoms with Gasteiger partial charge in [0, 0.05) is 0 Å². The van der Waals surface area contributed by atoms with Crippen molar-refractivity contribution in [3.05, 3.63) is 33.9 Å². The van der Waals surface area contributed by atoms with Gasteiger partial charge in [0.2, 0.25) is 0 Å². The molecule has 1 aromatic heterocycles. The van der Waals surface area contributed by atoms with Crippen molar-refractivity contribution in [1.82, 2.24) is 4.98 Å². The van der Waals surface area contributed by atoms with Crippen LogP contribution in [0.5, 0.6) is 0 Å². The predicted molar refractivity (Wildman–Crippen MR) is 46.1 cm³/mol. The van der Waals surface area contributed by atoms with Crippen LogP contribution in [-0.4, -0.2) is 10.5 Å². The van der Waals surface area contributed by atoms with Gasteiger partial charge in [-0.05, 0) is 12.1 Å². The summed E-state index contributed by atoms with van der Waals surface area (Å²) >= 11 is 1.24. The van der Waals surface area contributed by atoms with Gasteiger partial charge in [-0.2, -0.15) is 0 Å². The van der Waals surface area contributed by atoms with Crippen molar-refractivity contribution in [3.8, 4) is 0 Å². The van der Waals surface area contributed by atoms with Gasteiger partial charge < -0.3 is 10.5 Å². The third-order valence-corrected chi connectivity index (χ3v) is 2.19. The van der Waals surface area contributed by atoms with Gasteiger partial charge in [0.05, 0.1) is 10.2 Å². The largest absolute Gasteiger partial charge is 0.412 e. The van der Waals surface area contributed by atoms with Crippen molar-refractivity contribution in [3.63, 3.8) is 0 Å². The van der Waals surface area contributed by atoms with Crippen LogP contribution >= 0.6 is 11.3 Å². The van der Waals surface area contributed by atoms with Crippen LogP contribution in [0.2, 0.25) is 0 Å². The highest BCUT2D eigenvalue weighted by Gasteiger charge is 1.93. The highest BCUT2D eigenvalue weighted by atomic mass is 32.1. The lowest BCUT2D eigenvalue weighted by molar-refractivity contribution is 0.824. The average molecular weight is 169 g/mol. The van der Waals surface area contributed by atoms with Crippen LogP contribution in [0.1, 0.15) is 0 Å². The summed E-state index contributed by atoms with van der Waals surface area (Å²) in [5.41, 5.74) is 0.928. The van der Waals surface area contributed by atoms with E-state index in [2.05, 4.69) is 4.98 Å². The second kappa shape index (κ2) is 2.86. The van der Waals surface area contributed by atoms with Crippen LogP contribution in [0.25, 0.3) is 10.2 Å². The maximum atomic E-state index is 10.8. The number of rotatable bonds is 0. The summed E-state index contributed by atoms with van der Waals surface area (Å²) in [5.74, 6) is 0. The third kappa shape index (κ3) is 1.31. The Hall–Kier alpha value is -1.13. The first-order valence-electron chi connectivity index (χ1n) is 2.94. The Morgan fingerprint density at radius 1 is 1.27 bits per heavy atom. The van der Waals surface area contributed by atoms with Crippen LogP contribution < -0.4 is 4.87 Å². The molecule has 0 amide bonds. The molecule has 3 nitrogen and oxygen atoms in total.